The summed E-state index contributed by atoms with van der Waals surface area (Å²) in [4.78, 5) is 2.07. The molecule has 86 valence electrons. The summed E-state index contributed by atoms with van der Waals surface area (Å²) >= 11 is 0. The van der Waals surface area contributed by atoms with E-state index in [1.807, 2.05) is 7.05 Å². The molecule has 0 aromatic heterocycles. The molecule has 1 aromatic rings. The van der Waals surface area contributed by atoms with Crippen LogP contribution in [0.4, 0.5) is 5.69 Å². The number of rotatable bonds is 5. The van der Waals surface area contributed by atoms with Crippen molar-refractivity contribution in [2.45, 2.75) is 25.8 Å². The van der Waals surface area contributed by atoms with Crippen LogP contribution in [0.25, 0.3) is 0 Å². The van der Waals surface area contributed by atoms with Crippen LogP contribution in [-0.4, -0.2) is 13.6 Å². The first-order chi connectivity index (χ1) is 7.69. The fraction of sp³-hybridized carbons (Fsp3) is 0.462. The Labute approximate surface area is 97.5 Å². The summed E-state index contributed by atoms with van der Waals surface area (Å²) in [5, 5.41) is 8.52. The Morgan fingerprint density at radius 2 is 2.00 bits per heavy atom. The highest BCUT2D eigenvalue weighted by molar-refractivity contribution is 5.47. The number of anilines is 1. The molecule has 0 aliphatic heterocycles. The van der Waals surface area contributed by atoms with Crippen molar-refractivity contribution >= 4 is 5.69 Å². The lowest BCUT2D eigenvalue weighted by Crippen LogP contribution is -2.18. The molecule has 0 aliphatic carbocycles. The normalized spacial score (nSPS) is 11.9. The van der Waals surface area contributed by atoms with Gasteiger partial charge in [-0.3, -0.25) is 0 Å². The van der Waals surface area contributed by atoms with Gasteiger partial charge in [0, 0.05) is 25.3 Å². The van der Waals surface area contributed by atoms with E-state index < -0.39 is 0 Å². The topological polar surface area (TPSA) is 53.0 Å². The zero-order valence-electron chi connectivity index (χ0n) is 9.98. The summed E-state index contributed by atoms with van der Waals surface area (Å²) in [6.45, 7) is 2.84. The Bertz CT molecular complexity index is 350. The quantitative estimate of drug-likeness (QED) is 0.824. The highest BCUT2D eigenvalue weighted by Gasteiger charge is 2.04. The lowest BCUT2D eigenvalue weighted by molar-refractivity contribution is 0.698. The molecule has 1 rings (SSSR count). The molecule has 0 radical (unpaired) electrons. The monoisotopic (exact) mass is 217 g/mol. The van der Waals surface area contributed by atoms with E-state index in [1.165, 1.54) is 5.56 Å². The van der Waals surface area contributed by atoms with Gasteiger partial charge in [0.25, 0.3) is 0 Å². The maximum Gasteiger partial charge on any atom is 0.0640 e. The molecule has 1 atom stereocenters. The fourth-order valence-electron chi connectivity index (χ4n) is 1.56. The van der Waals surface area contributed by atoms with Gasteiger partial charge < -0.3 is 10.6 Å². The number of hydrogen-bond acceptors (Lipinski definition) is 3. The third kappa shape index (κ3) is 3.25. The van der Waals surface area contributed by atoms with E-state index in [1.54, 1.807) is 0 Å². The first-order valence-corrected chi connectivity index (χ1v) is 5.62. The Morgan fingerprint density at radius 1 is 1.38 bits per heavy atom. The number of nitrogens with zero attached hydrogens (tertiary/aromatic N) is 2. The van der Waals surface area contributed by atoms with E-state index in [-0.39, 0.29) is 6.04 Å². The molecular weight excluding hydrogens is 198 g/mol. The van der Waals surface area contributed by atoms with Crippen molar-refractivity contribution in [3.8, 4) is 6.07 Å². The highest BCUT2D eigenvalue weighted by atomic mass is 15.1. The van der Waals surface area contributed by atoms with E-state index in [9.17, 15) is 0 Å². The minimum absolute atomic E-state index is 0.124. The second kappa shape index (κ2) is 6.14. The molecule has 0 saturated heterocycles. The molecule has 16 heavy (non-hydrogen) atoms. The lowest BCUT2D eigenvalue weighted by atomic mass is 10.1. The molecule has 0 amide bonds. The van der Waals surface area contributed by atoms with E-state index in [2.05, 4.69) is 42.2 Å². The van der Waals surface area contributed by atoms with Crippen LogP contribution in [0.15, 0.2) is 24.3 Å². The summed E-state index contributed by atoms with van der Waals surface area (Å²) in [5.74, 6) is 0. The maximum atomic E-state index is 8.52. The van der Waals surface area contributed by atoms with Crippen LogP contribution in [0.5, 0.6) is 0 Å². The summed E-state index contributed by atoms with van der Waals surface area (Å²) < 4.78 is 0. The predicted octanol–water partition coefficient (Wildman–Crippen LogP) is 2.45. The van der Waals surface area contributed by atoms with Crippen LogP contribution in [0, 0.1) is 11.3 Å². The second-order valence-corrected chi connectivity index (χ2v) is 3.94. The van der Waals surface area contributed by atoms with Gasteiger partial charge in [-0.2, -0.15) is 5.26 Å². The first-order valence-electron chi connectivity index (χ1n) is 5.62. The Hall–Kier alpha value is -1.53. The molecule has 0 aliphatic rings. The second-order valence-electron chi connectivity index (χ2n) is 3.94. The van der Waals surface area contributed by atoms with Gasteiger partial charge in [-0.1, -0.05) is 19.1 Å². The number of nitriles is 1. The smallest absolute Gasteiger partial charge is 0.0640 e. The van der Waals surface area contributed by atoms with Crippen LogP contribution >= 0.6 is 0 Å². The third-order valence-electron chi connectivity index (χ3n) is 2.76. The molecule has 3 heteroatoms. The number of benzene rings is 1. The molecule has 0 bridgehead atoms. The van der Waals surface area contributed by atoms with Gasteiger partial charge in [0.1, 0.15) is 0 Å². The maximum absolute atomic E-state index is 8.52. The van der Waals surface area contributed by atoms with E-state index >= 15 is 0 Å². The Balaban J connectivity index is 2.67. The Kier molecular flexibility index (Phi) is 4.81. The lowest BCUT2D eigenvalue weighted by Gasteiger charge is -2.18. The van der Waals surface area contributed by atoms with Gasteiger partial charge in [0.15, 0.2) is 0 Å². The zero-order chi connectivity index (χ0) is 12.0. The highest BCUT2D eigenvalue weighted by Crippen LogP contribution is 2.18. The van der Waals surface area contributed by atoms with Gasteiger partial charge in [0.05, 0.1) is 12.5 Å². The molecule has 0 saturated carbocycles. The summed E-state index contributed by atoms with van der Waals surface area (Å²) in [7, 11) is 1.99. The molecule has 0 spiro atoms. The van der Waals surface area contributed by atoms with Gasteiger partial charge in [0.2, 0.25) is 0 Å². The van der Waals surface area contributed by atoms with Crippen LogP contribution in [0.3, 0.4) is 0 Å². The molecule has 0 unspecified atom stereocenters. The third-order valence-corrected chi connectivity index (χ3v) is 2.76. The molecular formula is C13H19N3. The van der Waals surface area contributed by atoms with E-state index in [0.29, 0.717) is 6.42 Å². The molecule has 3 nitrogen and oxygen atoms in total. The van der Waals surface area contributed by atoms with Crippen molar-refractivity contribution in [2.24, 2.45) is 5.73 Å². The van der Waals surface area contributed by atoms with Gasteiger partial charge in [-0.05, 0) is 24.1 Å². The fourth-order valence-corrected chi connectivity index (χ4v) is 1.56. The van der Waals surface area contributed by atoms with Gasteiger partial charge >= 0.3 is 0 Å². The molecule has 2 N–H and O–H groups in total. The summed E-state index contributed by atoms with van der Waals surface area (Å²) in [6.07, 6.45) is 1.50. The van der Waals surface area contributed by atoms with E-state index in [0.717, 1.165) is 18.7 Å². The number of nitrogens with two attached hydrogens (primary N) is 1. The van der Waals surface area contributed by atoms with Crippen molar-refractivity contribution in [1.82, 2.24) is 0 Å². The standard InChI is InChI=1S/C13H19N3/c1-3-13(15)11-5-7-12(8-6-11)16(2)10-4-9-14/h5-8,13H,3-4,10,15H2,1-2H3/t13-/m1/s1. The molecule has 0 heterocycles. The van der Waals surface area contributed by atoms with E-state index in [4.69, 9.17) is 11.0 Å². The van der Waals surface area contributed by atoms with Crippen molar-refractivity contribution < 1.29 is 0 Å². The SMILES string of the molecule is CC[C@@H](N)c1ccc(N(C)CCC#N)cc1. The molecule has 0 fully saturated rings. The van der Waals surface area contributed by atoms with Gasteiger partial charge in [-0.15, -0.1) is 0 Å². The first kappa shape index (κ1) is 12.5. The van der Waals surface area contributed by atoms with Crippen molar-refractivity contribution in [1.29, 1.82) is 5.26 Å². The minimum atomic E-state index is 0.124. The number of hydrogen-bond donors (Lipinski definition) is 1. The summed E-state index contributed by atoms with van der Waals surface area (Å²) in [6, 6.07) is 10.5. The van der Waals surface area contributed by atoms with Crippen molar-refractivity contribution in [3.63, 3.8) is 0 Å². The van der Waals surface area contributed by atoms with Gasteiger partial charge in [-0.25, -0.2) is 0 Å². The summed E-state index contributed by atoms with van der Waals surface area (Å²) in [5.41, 5.74) is 8.24. The zero-order valence-corrected chi connectivity index (χ0v) is 9.98. The molecule has 1 aromatic carbocycles. The van der Waals surface area contributed by atoms with Crippen LogP contribution in [0.1, 0.15) is 31.4 Å². The minimum Gasteiger partial charge on any atom is -0.374 e. The average molecular weight is 217 g/mol. The van der Waals surface area contributed by atoms with Crippen LogP contribution < -0.4 is 10.6 Å². The van der Waals surface area contributed by atoms with Crippen LogP contribution in [0.2, 0.25) is 0 Å². The van der Waals surface area contributed by atoms with Crippen LogP contribution in [-0.2, 0) is 0 Å². The predicted molar refractivity (Wildman–Crippen MR) is 67.2 cm³/mol. The van der Waals surface area contributed by atoms with Crippen molar-refractivity contribution in [2.75, 3.05) is 18.5 Å². The average Bonchev–Trinajstić information content (AvgIpc) is 2.35. The Morgan fingerprint density at radius 3 is 2.50 bits per heavy atom. The van der Waals surface area contributed by atoms with Crippen molar-refractivity contribution in [3.05, 3.63) is 29.8 Å². The largest absolute Gasteiger partial charge is 0.374 e.